The topological polar surface area (TPSA) is 148 Å². The number of carbonyl (C=O) groups excluding carboxylic acids is 3. The van der Waals surface area contributed by atoms with Crippen LogP contribution in [0.25, 0.3) is 0 Å². The van der Waals surface area contributed by atoms with Crippen LogP contribution < -0.4 is 16.4 Å². The molecule has 5 N–H and O–H groups in total. The Balaban J connectivity index is 4.30. The van der Waals surface area contributed by atoms with Gasteiger partial charge in [0, 0.05) is 18.9 Å². The van der Waals surface area contributed by atoms with Crippen molar-refractivity contribution in [2.45, 2.75) is 38.3 Å². The largest absolute Gasteiger partial charge is 0.480 e. The van der Waals surface area contributed by atoms with Gasteiger partial charge in [-0.25, -0.2) is 9.59 Å². The number of aliphatic carboxylic acids is 1. The predicted molar refractivity (Wildman–Crippen MR) is 67.6 cm³/mol. The standard InChI is InChI=1S/C11H19N3O6/c1-6(5-8(12)15)13-11(19)14-7(10(17)18)3-4-9(16)20-2/h6-7H,3-5H2,1-2H3,(H2,12,15)(H,17,18)(H2,13,14,19)/t6?,7-/m1/s1. The van der Waals surface area contributed by atoms with Crippen molar-refractivity contribution in [3.05, 3.63) is 0 Å². The van der Waals surface area contributed by atoms with Crippen LogP contribution in [0, 0.1) is 0 Å². The molecule has 114 valence electrons. The second kappa shape index (κ2) is 8.73. The lowest BCUT2D eigenvalue weighted by molar-refractivity contribution is -0.142. The number of esters is 1. The molecule has 0 fully saturated rings. The minimum absolute atomic E-state index is 0.0622. The second-order valence-corrected chi connectivity index (χ2v) is 4.19. The highest BCUT2D eigenvalue weighted by Crippen LogP contribution is 2.00. The van der Waals surface area contributed by atoms with E-state index in [2.05, 4.69) is 15.4 Å². The molecule has 9 heteroatoms. The molecule has 0 saturated carbocycles. The average Bonchev–Trinajstić information content (AvgIpc) is 2.32. The second-order valence-electron chi connectivity index (χ2n) is 4.19. The van der Waals surface area contributed by atoms with Gasteiger partial charge in [-0.1, -0.05) is 0 Å². The van der Waals surface area contributed by atoms with Crippen molar-refractivity contribution < 1.29 is 29.0 Å². The van der Waals surface area contributed by atoms with Crippen molar-refractivity contribution in [2.75, 3.05) is 7.11 Å². The van der Waals surface area contributed by atoms with E-state index < -0.39 is 36.0 Å². The molecule has 1 unspecified atom stereocenters. The van der Waals surface area contributed by atoms with Crippen molar-refractivity contribution in [1.29, 1.82) is 0 Å². The Morgan fingerprint density at radius 3 is 2.30 bits per heavy atom. The molecule has 0 bridgehead atoms. The maximum absolute atomic E-state index is 11.5. The van der Waals surface area contributed by atoms with E-state index >= 15 is 0 Å². The summed E-state index contributed by atoms with van der Waals surface area (Å²) in [6, 6.07) is -2.51. The minimum atomic E-state index is -1.27. The van der Waals surface area contributed by atoms with Crippen LogP contribution in [0.5, 0.6) is 0 Å². The third-order valence-electron chi connectivity index (χ3n) is 2.35. The molecule has 0 heterocycles. The number of hydrogen-bond acceptors (Lipinski definition) is 5. The zero-order chi connectivity index (χ0) is 15.7. The van der Waals surface area contributed by atoms with Crippen LogP contribution >= 0.6 is 0 Å². The third-order valence-corrected chi connectivity index (χ3v) is 2.35. The van der Waals surface area contributed by atoms with Crippen LogP contribution in [-0.2, 0) is 19.1 Å². The molecule has 20 heavy (non-hydrogen) atoms. The predicted octanol–water partition coefficient (Wildman–Crippen LogP) is -1.04. The summed E-state index contributed by atoms with van der Waals surface area (Å²) in [6.45, 7) is 1.55. The molecule has 0 aliphatic heterocycles. The number of nitrogens with one attached hydrogen (secondary N) is 2. The monoisotopic (exact) mass is 289 g/mol. The number of ether oxygens (including phenoxy) is 1. The molecule has 3 amide bonds. The molecule has 2 atom stereocenters. The van der Waals surface area contributed by atoms with Crippen molar-refractivity contribution in [3.63, 3.8) is 0 Å². The number of amides is 3. The van der Waals surface area contributed by atoms with Crippen molar-refractivity contribution in [3.8, 4) is 0 Å². The highest BCUT2D eigenvalue weighted by molar-refractivity contribution is 5.83. The van der Waals surface area contributed by atoms with Gasteiger partial charge in [0.1, 0.15) is 6.04 Å². The van der Waals surface area contributed by atoms with E-state index in [1.807, 2.05) is 0 Å². The molecular weight excluding hydrogens is 270 g/mol. The van der Waals surface area contributed by atoms with Gasteiger partial charge in [0.15, 0.2) is 0 Å². The van der Waals surface area contributed by atoms with E-state index in [0.717, 1.165) is 0 Å². The quantitative estimate of drug-likeness (QED) is 0.419. The maximum Gasteiger partial charge on any atom is 0.326 e. The number of carboxylic acid groups (broad SMARTS) is 1. The normalized spacial score (nSPS) is 12.9. The number of carbonyl (C=O) groups is 4. The fourth-order valence-corrected chi connectivity index (χ4v) is 1.40. The molecule has 9 nitrogen and oxygen atoms in total. The first-order chi connectivity index (χ1) is 9.26. The van der Waals surface area contributed by atoms with Gasteiger partial charge in [-0.05, 0) is 13.3 Å². The Morgan fingerprint density at radius 1 is 1.25 bits per heavy atom. The van der Waals surface area contributed by atoms with E-state index in [1.54, 1.807) is 6.92 Å². The van der Waals surface area contributed by atoms with Crippen LogP contribution in [0.1, 0.15) is 26.2 Å². The fourth-order valence-electron chi connectivity index (χ4n) is 1.40. The average molecular weight is 289 g/mol. The summed E-state index contributed by atoms with van der Waals surface area (Å²) in [7, 11) is 1.18. The molecule has 0 rings (SSSR count). The Kier molecular flexibility index (Phi) is 7.71. The van der Waals surface area contributed by atoms with E-state index in [0.29, 0.717) is 0 Å². The number of urea groups is 1. The Bertz CT molecular complexity index is 384. The zero-order valence-electron chi connectivity index (χ0n) is 11.3. The van der Waals surface area contributed by atoms with Crippen LogP contribution in [0.3, 0.4) is 0 Å². The van der Waals surface area contributed by atoms with Crippen molar-refractivity contribution >= 4 is 23.9 Å². The zero-order valence-corrected chi connectivity index (χ0v) is 11.3. The van der Waals surface area contributed by atoms with Crippen LogP contribution in [-0.4, -0.2) is 48.2 Å². The summed E-state index contributed by atoms with van der Waals surface area (Å²) in [5, 5.41) is 13.5. The van der Waals surface area contributed by atoms with Crippen LogP contribution in [0.4, 0.5) is 4.79 Å². The van der Waals surface area contributed by atoms with Gasteiger partial charge in [0.25, 0.3) is 0 Å². The van der Waals surface area contributed by atoms with E-state index in [-0.39, 0.29) is 19.3 Å². The molecule has 0 aromatic heterocycles. The highest BCUT2D eigenvalue weighted by Gasteiger charge is 2.22. The number of nitrogens with two attached hydrogens (primary N) is 1. The molecule has 0 aliphatic carbocycles. The Morgan fingerprint density at radius 2 is 1.85 bits per heavy atom. The first kappa shape index (κ1) is 17.7. The molecule has 0 aromatic carbocycles. The van der Waals surface area contributed by atoms with Gasteiger partial charge < -0.3 is 26.2 Å². The number of carboxylic acids is 1. The molecule has 0 spiro atoms. The van der Waals surface area contributed by atoms with Gasteiger partial charge in [-0.15, -0.1) is 0 Å². The smallest absolute Gasteiger partial charge is 0.326 e. The number of primary amides is 1. The first-order valence-electron chi connectivity index (χ1n) is 5.91. The summed E-state index contributed by atoms with van der Waals surface area (Å²) in [5.74, 6) is -2.43. The maximum atomic E-state index is 11.5. The lowest BCUT2D eigenvalue weighted by atomic mass is 10.1. The minimum Gasteiger partial charge on any atom is -0.480 e. The van der Waals surface area contributed by atoms with E-state index in [4.69, 9.17) is 10.8 Å². The summed E-state index contributed by atoms with van der Waals surface area (Å²) >= 11 is 0. The molecule has 0 aliphatic rings. The van der Waals surface area contributed by atoms with E-state index in [1.165, 1.54) is 7.11 Å². The molecule has 0 radical (unpaired) electrons. The first-order valence-corrected chi connectivity index (χ1v) is 5.91. The molecular formula is C11H19N3O6. The van der Waals surface area contributed by atoms with Crippen LogP contribution in [0.15, 0.2) is 0 Å². The summed E-state index contributed by atoms with van der Waals surface area (Å²) in [4.78, 5) is 44.0. The SMILES string of the molecule is COC(=O)CC[C@@H](NC(=O)NC(C)CC(N)=O)C(=O)O. The number of rotatable bonds is 8. The fraction of sp³-hybridized carbons (Fsp3) is 0.636. The molecule has 0 saturated heterocycles. The Hall–Kier alpha value is -2.32. The van der Waals surface area contributed by atoms with Crippen LogP contribution in [0.2, 0.25) is 0 Å². The number of methoxy groups -OCH3 is 1. The summed E-state index contributed by atoms with van der Waals surface area (Å²) in [6.07, 6.45) is -0.294. The Labute approximate surface area is 115 Å². The highest BCUT2D eigenvalue weighted by atomic mass is 16.5. The van der Waals surface area contributed by atoms with Gasteiger partial charge in [-0.2, -0.15) is 0 Å². The van der Waals surface area contributed by atoms with E-state index in [9.17, 15) is 19.2 Å². The summed E-state index contributed by atoms with van der Waals surface area (Å²) < 4.78 is 4.38. The van der Waals surface area contributed by atoms with Gasteiger partial charge >= 0.3 is 18.0 Å². The van der Waals surface area contributed by atoms with Gasteiger partial charge in [0.2, 0.25) is 5.91 Å². The van der Waals surface area contributed by atoms with Crippen molar-refractivity contribution in [2.24, 2.45) is 5.73 Å². The number of hydrogen-bond donors (Lipinski definition) is 4. The van der Waals surface area contributed by atoms with Gasteiger partial charge in [0.05, 0.1) is 7.11 Å². The molecule has 0 aromatic rings. The van der Waals surface area contributed by atoms with Crippen molar-refractivity contribution in [1.82, 2.24) is 10.6 Å². The lowest BCUT2D eigenvalue weighted by Crippen LogP contribution is -2.49. The van der Waals surface area contributed by atoms with Gasteiger partial charge in [-0.3, -0.25) is 9.59 Å². The summed E-state index contributed by atoms with van der Waals surface area (Å²) in [5.41, 5.74) is 4.96. The third kappa shape index (κ3) is 7.90. The lowest BCUT2D eigenvalue weighted by Gasteiger charge is -2.17.